The van der Waals surface area contributed by atoms with Gasteiger partial charge in [0, 0.05) is 12.1 Å². The summed E-state index contributed by atoms with van der Waals surface area (Å²) >= 11 is 5.25. The first-order chi connectivity index (χ1) is 8.26. The zero-order chi connectivity index (χ0) is 12.3. The van der Waals surface area contributed by atoms with Crippen molar-refractivity contribution in [3.05, 3.63) is 40.4 Å². The highest BCUT2D eigenvalue weighted by molar-refractivity contribution is 7.71. The van der Waals surface area contributed by atoms with Crippen molar-refractivity contribution in [3.8, 4) is 5.69 Å². The first kappa shape index (κ1) is 12.0. The fourth-order valence-electron chi connectivity index (χ4n) is 1.93. The molecule has 0 aliphatic carbocycles. The van der Waals surface area contributed by atoms with Crippen LogP contribution in [0.2, 0.25) is 0 Å². The number of H-pyrrole nitrogens is 1. The van der Waals surface area contributed by atoms with Gasteiger partial charge >= 0.3 is 0 Å². The van der Waals surface area contributed by atoms with Crippen molar-refractivity contribution in [2.45, 2.75) is 33.1 Å². The van der Waals surface area contributed by atoms with Gasteiger partial charge in [-0.15, -0.1) is 0 Å². The van der Waals surface area contributed by atoms with E-state index >= 15 is 0 Å². The molecule has 0 unspecified atom stereocenters. The van der Waals surface area contributed by atoms with E-state index in [1.807, 2.05) is 4.57 Å². The Morgan fingerprint density at radius 1 is 1.24 bits per heavy atom. The minimum absolute atomic E-state index is 0.657. The maximum absolute atomic E-state index is 5.25. The third kappa shape index (κ3) is 2.47. The Morgan fingerprint density at radius 2 is 1.94 bits per heavy atom. The zero-order valence-electron chi connectivity index (χ0n) is 10.2. The highest BCUT2D eigenvalue weighted by atomic mass is 32.1. The predicted octanol–water partition coefficient (Wildman–Crippen LogP) is 3.44. The molecule has 3 nitrogen and oxygen atoms in total. The third-order valence-corrected chi connectivity index (χ3v) is 3.07. The molecule has 1 aromatic heterocycles. The number of rotatable bonds is 4. The van der Waals surface area contributed by atoms with Crippen molar-refractivity contribution in [3.63, 3.8) is 0 Å². The smallest absolute Gasteiger partial charge is 0.199 e. The quantitative estimate of drug-likeness (QED) is 0.840. The molecule has 0 atom stereocenters. The number of hydrogen-bond donors (Lipinski definition) is 1. The normalized spacial score (nSPS) is 10.7. The molecule has 0 radical (unpaired) electrons. The largest absolute Gasteiger partial charge is 0.272 e. The van der Waals surface area contributed by atoms with Gasteiger partial charge in [0.2, 0.25) is 0 Å². The second-order valence-electron chi connectivity index (χ2n) is 4.05. The maximum atomic E-state index is 5.25. The van der Waals surface area contributed by atoms with Gasteiger partial charge in [0.25, 0.3) is 0 Å². The van der Waals surface area contributed by atoms with E-state index in [2.05, 4.69) is 48.3 Å². The monoisotopic (exact) mass is 247 g/mol. The van der Waals surface area contributed by atoms with Gasteiger partial charge < -0.3 is 0 Å². The third-order valence-electron chi connectivity index (χ3n) is 2.79. The molecule has 90 valence electrons. The van der Waals surface area contributed by atoms with Crippen molar-refractivity contribution in [2.24, 2.45) is 0 Å². The maximum Gasteiger partial charge on any atom is 0.199 e. The Morgan fingerprint density at radius 3 is 2.53 bits per heavy atom. The van der Waals surface area contributed by atoms with E-state index in [0.717, 1.165) is 24.4 Å². The van der Waals surface area contributed by atoms with E-state index in [1.165, 1.54) is 12.0 Å². The Hall–Kier alpha value is -1.42. The number of hydrogen-bond acceptors (Lipinski definition) is 2. The van der Waals surface area contributed by atoms with Crippen molar-refractivity contribution >= 4 is 12.2 Å². The SMILES string of the molecule is CCCc1ccc(-n2c(CC)n[nH]c2=S)cc1. The van der Waals surface area contributed by atoms with E-state index in [9.17, 15) is 0 Å². The standard InChI is InChI=1S/C13H17N3S/c1-3-5-10-6-8-11(9-7-10)16-12(4-2)14-15-13(16)17/h6-9H,3-5H2,1-2H3,(H,15,17). The van der Waals surface area contributed by atoms with Crippen molar-refractivity contribution in [1.82, 2.24) is 14.8 Å². The summed E-state index contributed by atoms with van der Waals surface area (Å²) in [4.78, 5) is 0. The van der Waals surface area contributed by atoms with E-state index < -0.39 is 0 Å². The summed E-state index contributed by atoms with van der Waals surface area (Å²) in [6.07, 6.45) is 3.16. The molecule has 2 rings (SSSR count). The fourth-order valence-corrected chi connectivity index (χ4v) is 2.19. The molecule has 1 heterocycles. The van der Waals surface area contributed by atoms with Crippen LogP contribution in [0.5, 0.6) is 0 Å². The molecule has 0 amide bonds. The van der Waals surface area contributed by atoms with Crippen LogP contribution < -0.4 is 0 Å². The fraction of sp³-hybridized carbons (Fsp3) is 0.385. The first-order valence-corrected chi connectivity index (χ1v) is 6.42. The Balaban J connectivity index is 2.39. The summed E-state index contributed by atoms with van der Waals surface area (Å²) in [5.74, 6) is 0.971. The van der Waals surface area contributed by atoms with Gasteiger partial charge in [-0.25, -0.2) is 0 Å². The molecule has 4 heteroatoms. The van der Waals surface area contributed by atoms with Gasteiger partial charge in [-0.2, -0.15) is 5.10 Å². The van der Waals surface area contributed by atoms with Crippen LogP contribution in [-0.4, -0.2) is 14.8 Å². The van der Waals surface area contributed by atoms with Gasteiger partial charge in [0.1, 0.15) is 5.82 Å². The second-order valence-corrected chi connectivity index (χ2v) is 4.44. The first-order valence-electron chi connectivity index (χ1n) is 6.01. The Labute approximate surface area is 106 Å². The van der Waals surface area contributed by atoms with Crippen molar-refractivity contribution in [1.29, 1.82) is 0 Å². The summed E-state index contributed by atoms with van der Waals surface area (Å²) < 4.78 is 2.65. The lowest BCUT2D eigenvalue weighted by atomic mass is 10.1. The second kappa shape index (κ2) is 5.27. The molecule has 0 spiro atoms. The minimum atomic E-state index is 0.657. The van der Waals surface area contributed by atoms with Crippen LogP contribution in [0.15, 0.2) is 24.3 Å². The molecule has 2 aromatic rings. The van der Waals surface area contributed by atoms with Crippen molar-refractivity contribution in [2.75, 3.05) is 0 Å². The molecule has 0 bridgehead atoms. The molecule has 0 saturated heterocycles. The topological polar surface area (TPSA) is 33.6 Å². The molecule has 17 heavy (non-hydrogen) atoms. The van der Waals surface area contributed by atoms with Crippen LogP contribution >= 0.6 is 12.2 Å². The van der Waals surface area contributed by atoms with Gasteiger partial charge in [-0.05, 0) is 36.3 Å². The number of aromatic amines is 1. The molecule has 1 aromatic carbocycles. The molecule has 0 fully saturated rings. The minimum Gasteiger partial charge on any atom is -0.272 e. The summed E-state index contributed by atoms with van der Waals surface area (Å²) in [5, 5.41) is 7.06. The molecular formula is C13H17N3S. The van der Waals surface area contributed by atoms with Crippen LogP contribution in [0.1, 0.15) is 31.7 Å². The molecule has 0 aliphatic heterocycles. The highest BCUT2D eigenvalue weighted by Crippen LogP contribution is 2.13. The average Bonchev–Trinajstić information content (AvgIpc) is 2.72. The summed E-state index contributed by atoms with van der Waals surface area (Å²) in [6.45, 7) is 4.27. The van der Waals surface area contributed by atoms with Crippen LogP contribution in [-0.2, 0) is 12.8 Å². The van der Waals surface area contributed by atoms with E-state index in [0.29, 0.717) is 4.77 Å². The van der Waals surface area contributed by atoms with Gasteiger partial charge in [0.05, 0.1) is 0 Å². The van der Waals surface area contributed by atoms with Crippen molar-refractivity contribution < 1.29 is 0 Å². The van der Waals surface area contributed by atoms with Gasteiger partial charge in [-0.3, -0.25) is 9.67 Å². The zero-order valence-corrected chi connectivity index (χ0v) is 11.0. The number of nitrogens with one attached hydrogen (secondary N) is 1. The molecule has 0 saturated carbocycles. The van der Waals surface area contributed by atoms with Crippen LogP contribution in [0.4, 0.5) is 0 Å². The lowest BCUT2D eigenvalue weighted by molar-refractivity contribution is 0.876. The van der Waals surface area contributed by atoms with E-state index in [4.69, 9.17) is 12.2 Å². The average molecular weight is 247 g/mol. The van der Waals surface area contributed by atoms with E-state index in [-0.39, 0.29) is 0 Å². The van der Waals surface area contributed by atoms with E-state index in [1.54, 1.807) is 0 Å². The molecule has 1 N–H and O–H groups in total. The lowest BCUT2D eigenvalue weighted by Gasteiger charge is -2.06. The Kier molecular flexibility index (Phi) is 3.74. The molecular weight excluding hydrogens is 230 g/mol. The number of benzene rings is 1. The number of aromatic nitrogens is 3. The lowest BCUT2D eigenvalue weighted by Crippen LogP contribution is -2.00. The van der Waals surface area contributed by atoms with Gasteiger partial charge in [0.15, 0.2) is 4.77 Å². The van der Waals surface area contributed by atoms with Crippen LogP contribution in [0, 0.1) is 4.77 Å². The number of aryl methyl sites for hydroxylation is 2. The predicted molar refractivity (Wildman–Crippen MR) is 72.1 cm³/mol. The summed E-state index contributed by atoms with van der Waals surface area (Å²) in [5.41, 5.74) is 2.45. The van der Waals surface area contributed by atoms with Crippen LogP contribution in [0.3, 0.4) is 0 Å². The number of nitrogens with zero attached hydrogens (tertiary/aromatic N) is 2. The van der Waals surface area contributed by atoms with Crippen LogP contribution in [0.25, 0.3) is 5.69 Å². The summed E-state index contributed by atoms with van der Waals surface area (Å²) in [7, 11) is 0. The highest BCUT2D eigenvalue weighted by Gasteiger charge is 2.05. The molecule has 0 aliphatic rings. The van der Waals surface area contributed by atoms with Gasteiger partial charge in [-0.1, -0.05) is 32.4 Å². The Bertz CT molecular complexity index is 537. The summed E-state index contributed by atoms with van der Waals surface area (Å²) in [6, 6.07) is 8.53.